The minimum absolute atomic E-state index is 0.251. The number of benzene rings is 3. The third-order valence-corrected chi connectivity index (χ3v) is 8.39. The van der Waals surface area contributed by atoms with Gasteiger partial charge in [-0.05, 0) is 62.1 Å². The molecule has 0 bridgehead atoms. The molecule has 0 aliphatic carbocycles. The molecule has 3 aromatic carbocycles. The van der Waals surface area contributed by atoms with Crippen LogP contribution in [0.1, 0.15) is 43.4 Å². The lowest BCUT2D eigenvalue weighted by atomic mass is 9.77. The Balaban J connectivity index is 1.44. The zero-order valence-corrected chi connectivity index (χ0v) is 19.1. The Morgan fingerprint density at radius 1 is 0.969 bits per heavy atom. The smallest absolute Gasteiger partial charge is 0.228 e. The summed E-state index contributed by atoms with van der Waals surface area (Å²) in [7, 11) is 2.17. The third kappa shape index (κ3) is 2.11. The molecular formula is C28H29N3O. The van der Waals surface area contributed by atoms with Gasteiger partial charge in [-0.15, -0.1) is 0 Å². The number of anilines is 2. The standard InChI is InChI=1S/C28H29N3O/c1-27(2)22-13-12-18-8-4-5-10-20(18)25(22)30(3)28(27)17-29-23-16-19-9-6-14-31-15-7-11-21(24(19)31)26(23)32-28/h4-5,8,10,12-13,16-17H,6-7,9,11,14-15H2,1-3H3. The van der Waals surface area contributed by atoms with Crippen LogP contribution in [0.3, 0.4) is 0 Å². The second-order valence-electron chi connectivity index (χ2n) is 10.3. The predicted octanol–water partition coefficient (Wildman–Crippen LogP) is 5.76. The monoisotopic (exact) mass is 423 g/mol. The summed E-state index contributed by atoms with van der Waals surface area (Å²) in [5.41, 5.74) is 6.97. The number of ether oxygens (including phenoxy) is 1. The maximum atomic E-state index is 7.16. The number of nitrogens with zero attached hydrogens (tertiary/aromatic N) is 3. The SMILES string of the molecule is CN1c2c(ccc3ccccc23)C(C)(C)C12C=Nc1cc3c4c(c1O2)CCCN4CCC3. The number of likely N-dealkylation sites (N-methyl/N-ethyl adjacent to an activating group) is 1. The van der Waals surface area contributed by atoms with Gasteiger partial charge in [0, 0.05) is 36.8 Å². The van der Waals surface area contributed by atoms with Gasteiger partial charge in [0.05, 0.1) is 17.3 Å². The topological polar surface area (TPSA) is 28.1 Å². The van der Waals surface area contributed by atoms with Gasteiger partial charge < -0.3 is 14.5 Å². The summed E-state index contributed by atoms with van der Waals surface area (Å²) in [6, 6.07) is 15.5. The molecule has 0 saturated heterocycles. The van der Waals surface area contributed by atoms with Crippen LogP contribution in [0.5, 0.6) is 5.75 Å². The van der Waals surface area contributed by atoms with Gasteiger partial charge in [-0.1, -0.05) is 36.4 Å². The van der Waals surface area contributed by atoms with Crippen molar-refractivity contribution in [3.05, 3.63) is 59.2 Å². The van der Waals surface area contributed by atoms with Crippen LogP contribution in [0.15, 0.2) is 47.5 Å². The first kappa shape index (κ1) is 18.6. The van der Waals surface area contributed by atoms with Crippen molar-refractivity contribution in [1.82, 2.24) is 0 Å². The molecule has 4 heterocycles. The van der Waals surface area contributed by atoms with E-state index >= 15 is 0 Å². The number of aryl methyl sites for hydroxylation is 1. The van der Waals surface area contributed by atoms with Gasteiger partial charge in [-0.3, -0.25) is 4.99 Å². The van der Waals surface area contributed by atoms with Crippen LogP contribution in [0.4, 0.5) is 17.1 Å². The second kappa shape index (κ2) is 6.06. The molecule has 0 aromatic heterocycles. The number of hydrogen-bond acceptors (Lipinski definition) is 4. The van der Waals surface area contributed by atoms with Crippen molar-refractivity contribution in [2.24, 2.45) is 4.99 Å². The van der Waals surface area contributed by atoms with E-state index < -0.39 is 5.72 Å². The van der Waals surface area contributed by atoms with E-state index in [1.54, 1.807) is 0 Å². The van der Waals surface area contributed by atoms with Crippen molar-refractivity contribution in [1.29, 1.82) is 0 Å². The van der Waals surface area contributed by atoms with Crippen LogP contribution in [0.25, 0.3) is 10.8 Å². The van der Waals surface area contributed by atoms with Gasteiger partial charge in [0.1, 0.15) is 5.69 Å². The molecule has 1 atom stereocenters. The molecule has 0 fully saturated rings. The Labute approximate surface area is 189 Å². The van der Waals surface area contributed by atoms with Gasteiger partial charge in [0.15, 0.2) is 5.75 Å². The van der Waals surface area contributed by atoms with Crippen LogP contribution in [-0.4, -0.2) is 32.1 Å². The van der Waals surface area contributed by atoms with Gasteiger partial charge in [0.2, 0.25) is 5.72 Å². The van der Waals surface area contributed by atoms with E-state index in [1.807, 2.05) is 0 Å². The van der Waals surface area contributed by atoms with E-state index in [-0.39, 0.29) is 5.41 Å². The highest BCUT2D eigenvalue weighted by Crippen LogP contribution is 2.57. The van der Waals surface area contributed by atoms with Crippen molar-refractivity contribution >= 4 is 34.0 Å². The van der Waals surface area contributed by atoms with Crippen molar-refractivity contribution in [2.75, 3.05) is 29.9 Å². The molecule has 4 aliphatic rings. The summed E-state index contributed by atoms with van der Waals surface area (Å²) in [5.74, 6) is 1.01. The average molecular weight is 424 g/mol. The molecule has 4 heteroatoms. The lowest BCUT2D eigenvalue weighted by Crippen LogP contribution is -2.61. The summed E-state index contributed by atoms with van der Waals surface area (Å²) in [6.07, 6.45) is 6.72. The van der Waals surface area contributed by atoms with E-state index in [9.17, 15) is 0 Å². The maximum absolute atomic E-state index is 7.16. The normalized spacial score (nSPS) is 24.3. The van der Waals surface area contributed by atoms with Crippen molar-refractivity contribution in [3.8, 4) is 5.75 Å². The van der Waals surface area contributed by atoms with E-state index in [1.165, 1.54) is 51.7 Å². The molecule has 32 heavy (non-hydrogen) atoms. The Morgan fingerprint density at radius 3 is 2.66 bits per heavy atom. The molecule has 4 nitrogen and oxygen atoms in total. The number of hydrogen-bond donors (Lipinski definition) is 0. The highest BCUT2D eigenvalue weighted by atomic mass is 16.5. The molecule has 0 saturated carbocycles. The van der Waals surface area contributed by atoms with Crippen LogP contribution in [-0.2, 0) is 18.3 Å². The lowest BCUT2D eigenvalue weighted by Gasteiger charge is -2.46. The van der Waals surface area contributed by atoms with Crippen molar-refractivity contribution < 1.29 is 4.74 Å². The number of rotatable bonds is 0. The lowest BCUT2D eigenvalue weighted by molar-refractivity contribution is 0.0812. The van der Waals surface area contributed by atoms with Gasteiger partial charge in [0.25, 0.3) is 0 Å². The second-order valence-corrected chi connectivity index (χ2v) is 10.3. The molecular weight excluding hydrogens is 394 g/mol. The fourth-order valence-electron chi connectivity index (χ4n) is 6.71. The Hall–Kier alpha value is -3.01. The van der Waals surface area contributed by atoms with Crippen LogP contribution < -0.4 is 14.5 Å². The quantitative estimate of drug-likeness (QED) is 0.460. The minimum atomic E-state index is -0.645. The fourth-order valence-corrected chi connectivity index (χ4v) is 6.71. The first-order valence-corrected chi connectivity index (χ1v) is 12.0. The Kier molecular flexibility index (Phi) is 3.51. The van der Waals surface area contributed by atoms with E-state index in [0.717, 1.165) is 37.4 Å². The number of aliphatic imine (C=N–C) groups is 1. The van der Waals surface area contributed by atoms with Crippen LogP contribution in [0.2, 0.25) is 0 Å². The highest BCUT2D eigenvalue weighted by Gasteiger charge is 2.59. The van der Waals surface area contributed by atoms with Crippen molar-refractivity contribution in [3.63, 3.8) is 0 Å². The summed E-state index contributed by atoms with van der Waals surface area (Å²) in [5, 5.41) is 2.54. The molecule has 1 spiro atoms. The number of fused-ring (bicyclic) bond motifs is 5. The summed E-state index contributed by atoms with van der Waals surface area (Å²) < 4.78 is 7.16. The van der Waals surface area contributed by atoms with E-state index in [4.69, 9.17) is 9.73 Å². The average Bonchev–Trinajstić information content (AvgIpc) is 2.98. The van der Waals surface area contributed by atoms with Gasteiger partial charge >= 0.3 is 0 Å². The fraction of sp³-hybridized carbons (Fsp3) is 0.393. The van der Waals surface area contributed by atoms with Crippen LogP contribution >= 0.6 is 0 Å². The van der Waals surface area contributed by atoms with Gasteiger partial charge in [-0.2, -0.15) is 0 Å². The molecule has 3 aromatic rings. The maximum Gasteiger partial charge on any atom is 0.228 e. The minimum Gasteiger partial charge on any atom is -0.459 e. The zero-order valence-electron chi connectivity index (χ0n) is 19.1. The molecule has 162 valence electrons. The highest BCUT2D eigenvalue weighted by molar-refractivity contribution is 6.01. The molecule has 4 aliphatic heterocycles. The van der Waals surface area contributed by atoms with E-state index in [0.29, 0.717) is 0 Å². The largest absolute Gasteiger partial charge is 0.459 e. The Morgan fingerprint density at radius 2 is 1.78 bits per heavy atom. The molecule has 1 unspecified atom stereocenters. The molecule has 7 rings (SSSR count). The van der Waals surface area contributed by atoms with Crippen LogP contribution in [0, 0.1) is 0 Å². The predicted molar refractivity (Wildman–Crippen MR) is 132 cm³/mol. The summed E-state index contributed by atoms with van der Waals surface area (Å²) in [4.78, 5) is 10.0. The van der Waals surface area contributed by atoms with Crippen molar-refractivity contribution in [2.45, 2.75) is 50.7 Å². The molecule has 0 amide bonds. The van der Waals surface area contributed by atoms with Gasteiger partial charge in [-0.25, -0.2) is 0 Å². The summed E-state index contributed by atoms with van der Waals surface area (Å²) >= 11 is 0. The first-order valence-electron chi connectivity index (χ1n) is 12.0. The third-order valence-electron chi connectivity index (χ3n) is 8.39. The van der Waals surface area contributed by atoms with E-state index in [2.05, 4.69) is 79.4 Å². The Bertz CT molecular complexity index is 1320. The molecule has 0 N–H and O–H groups in total. The zero-order chi connectivity index (χ0) is 21.7. The first-order chi connectivity index (χ1) is 15.5. The summed E-state index contributed by atoms with van der Waals surface area (Å²) in [6.45, 7) is 6.93. The molecule has 0 radical (unpaired) electrons.